The maximum atomic E-state index is 11.4. The van der Waals surface area contributed by atoms with E-state index in [2.05, 4.69) is 15.4 Å². The Morgan fingerprint density at radius 1 is 1.32 bits per heavy atom. The van der Waals surface area contributed by atoms with Crippen LogP contribution in [0.3, 0.4) is 0 Å². The van der Waals surface area contributed by atoms with Gasteiger partial charge in [0.2, 0.25) is 11.8 Å². The molecule has 0 radical (unpaired) electrons. The third-order valence-corrected chi connectivity index (χ3v) is 3.19. The number of amides is 2. The van der Waals surface area contributed by atoms with Crippen molar-refractivity contribution in [2.24, 2.45) is 5.73 Å². The molecule has 2 aromatic rings. The smallest absolute Gasteiger partial charge is 0.217 e. The Balaban J connectivity index is 2.18. The number of hydrogen-bond acceptors (Lipinski definition) is 4. The highest BCUT2D eigenvalue weighted by atomic mass is 16.1. The molecule has 1 atom stereocenters. The molecule has 116 valence electrons. The molecule has 2 amide bonds. The molecule has 7 heteroatoms. The van der Waals surface area contributed by atoms with Gasteiger partial charge in [-0.3, -0.25) is 9.59 Å². The van der Waals surface area contributed by atoms with Crippen LogP contribution < -0.4 is 11.1 Å². The number of benzene rings is 1. The molecule has 1 aromatic carbocycles. The van der Waals surface area contributed by atoms with Crippen LogP contribution in [0.2, 0.25) is 0 Å². The molecule has 7 nitrogen and oxygen atoms in total. The van der Waals surface area contributed by atoms with Crippen LogP contribution >= 0.6 is 0 Å². The molecule has 0 bridgehead atoms. The summed E-state index contributed by atoms with van der Waals surface area (Å²) >= 11 is 0. The maximum Gasteiger partial charge on any atom is 0.217 e. The normalized spacial score (nSPS) is 11.9. The Labute approximate surface area is 128 Å². The molecule has 2 rings (SSSR count). The van der Waals surface area contributed by atoms with Crippen molar-refractivity contribution in [2.75, 3.05) is 0 Å². The number of carbonyl (C=O) groups is 2. The summed E-state index contributed by atoms with van der Waals surface area (Å²) < 4.78 is 1.72. The Hall–Kier alpha value is -2.70. The maximum absolute atomic E-state index is 11.4. The average molecular weight is 301 g/mol. The quantitative estimate of drug-likeness (QED) is 0.788. The zero-order valence-corrected chi connectivity index (χ0v) is 12.4. The summed E-state index contributed by atoms with van der Waals surface area (Å²) in [5, 5.41) is 7.00. The first kappa shape index (κ1) is 15.7. The fourth-order valence-electron chi connectivity index (χ4n) is 2.22. The van der Waals surface area contributed by atoms with Gasteiger partial charge in [-0.15, -0.1) is 0 Å². The molecule has 0 saturated heterocycles. The zero-order valence-electron chi connectivity index (χ0n) is 12.4. The molecule has 3 N–H and O–H groups in total. The monoisotopic (exact) mass is 301 g/mol. The molecule has 0 unspecified atom stereocenters. The summed E-state index contributed by atoms with van der Waals surface area (Å²) in [6, 6.07) is 9.42. The Kier molecular flexibility index (Phi) is 5.24. The topological polar surface area (TPSA) is 103 Å². The Morgan fingerprint density at radius 2 is 2.05 bits per heavy atom. The second kappa shape index (κ2) is 7.35. The minimum atomic E-state index is -0.413. The van der Waals surface area contributed by atoms with Crippen molar-refractivity contribution in [1.29, 1.82) is 0 Å². The van der Waals surface area contributed by atoms with Gasteiger partial charge >= 0.3 is 0 Å². The fourth-order valence-corrected chi connectivity index (χ4v) is 2.22. The number of carbonyl (C=O) groups excluding carboxylic acids is 2. The SMILES string of the molecule is CC(=O)N[C@@H](CCC(N)=O)c1ncnn1Cc1ccccc1. The number of aromatic nitrogens is 3. The lowest BCUT2D eigenvalue weighted by molar-refractivity contribution is -0.121. The summed E-state index contributed by atoms with van der Waals surface area (Å²) in [7, 11) is 0. The van der Waals surface area contributed by atoms with E-state index in [1.54, 1.807) is 4.68 Å². The largest absolute Gasteiger partial charge is 0.370 e. The summed E-state index contributed by atoms with van der Waals surface area (Å²) in [6.45, 7) is 1.97. The summed E-state index contributed by atoms with van der Waals surface area (Å²) in [5.41, 5.74) is 6.27. The van der Waals surface area contributed by atoms with Crippen molar-refractivity contribution in [2.45, 2.75) is 32.4 Å². The average Bonchev–Trinajstić information content (AvgIpc) is 2.92. The Morgan fingerprint density at radius 3 is 2.68 bits per heavy atom. The van der Waals surface area contributed by atoms with Gasteiger partial charge in [-0.2, -0.15) is 5.10 Å². The zero-order chi connectivity index (χ0) is 15.9. The van der Waals surface area contributed by atoms with Crippen LogP contribution in [0.25, 0.3) is 0 Å². The van der Waals surface area contributed by atoms with Crippen molar-refractivity contribution in [3.8, 4) is 0 Å². The molecule has 0 aliphatic heterocycles. The van der Waals surface area contributed by atoms with Crippen molar-refractivity contribution < 1.29 is 9.59 Å². The molecule has 0 aliphatic rings. The number of rotatable bonds is 7. The van der Waals surface area contributed by atoms with Crippen molar-refractivity contribution in [3.05, 3.63) is 48.0 Å². The Bertz CT molecular complexity index is 638. The minimum absolute atomic E-state index is 0.170. The summed E-state index contributed by atoms with van der Waals surface area (Å²) in [6.07, 6.45) is 2.00. The number of nitrogens with two attached hydrogens (primary N) is 1. The second-order valence-corrected chi connectivity index (χ2v) is 5.02. The van der Waals surface area contributed by atoms with Gasteiger partial charge in [-0.1, -0.05) is 30.3 Å². The number of primary amides is 1. The molecule has 0 spiro atoms. The van der Waals surface area contributed by atoms with Gasteiger partial charge in [0.1, 0.15) is 12.2 Å². The van der Waals surface area contributed by atoms with Crippen molar-refractivity contribution >= 4 is 11.8 Å². The van der Waals surface area contributed by atoms with Gasteiger partial charge in [0, 0.05) is 13.3 Å². The van der Waals surface area contributed by atoms with Gasteiger partial charge in [0.05, 0.1) is 12.6 Å². The van der Waals surface area contributed by atoms with E-state index in [1.807, 2.05) is 30.3 Å². The molecule has 1 heterocycles. The molecular weight excluding hydrogens is 282 g/mol. The lowest BCUT2D eigenvalue weighted by Gasteiger charge is -2.17. The van der Waals surface area contributed by atoms with E-state index in [9.17, 15) is 9.59 Å². The van der Waals surface area contributed by atoms with Crippen LogP contribution in [-0.4, -0.2) is 26.6 Å². The number of nitrogens with one attached hydrogen (secondary N) is 1. The number of nitrogens with zero attached hydrogens (tertiary/aromatic N) is 3. The van der Waals surface area contributed by atoms with E-state index < -0.39 is 11.9 Å². The van der Waals surface area contributed by atoms with Crippen LogP contribution in [0, 0.1) is 0 Å². The van der Waals surface area contributed by atoms with Crippen LogP contribution in [-0.2, 0) is 16.1 Å². The lowest BCUT2D eigenvalue weighted by Crippen LogP contribution is -2.30. The number of hydrogen-bond donors (Lipinski definition) is 2. The van der Waals surface area contributed by atoms with Crippen LogP contribution in [0.4, 0.5) is 0 Å². The summed E-state index contributed by atoms with van der Waals surface area (Å²) in [4.78, 5) is 26.6. The predicted molar refractivity (Wildman–Crippen MR) is 80.6 cm³/mol. The van der Waals surface area contributed by atoms with Gasteiger partial charge in [-0.05, 0) is 12.0 Å². The van der Waals surface area contributed by atoms with Crippen LogP contribution in [0.5, 0.6) is 0 Å². The molecule has 1 aromatic heterocycles. The van der Waals surface area contributed by atoms with E-state index in [0.29, 0.717) is 18.8 Å². The van der Waals surface area contributed by atoms with Gasteiger partial charge < -0.3 is 11.1 Å². The lowest BCUT2D eigenvalue weighted by atomic mass is 10.1. The predicted octanol–water partition coefficient (Wildman–Crippen LogP) is 0.769. The third-order valence-electron chi connectivity index (χ3n) is 3.19. The minimum Gasteiger partial charge on any atom is -0.370 e. The highest BCUT2D eigenvalue weighted by molar-refractivity contribution is 5.75. The van der Waals surface area contributed by atoms with Crippen molar-refractivity contribution in [1.82, 2.24) is 20.1 Å². The van der Waals surface area contributed by atoms with Gasteiger partial charge in [-0.25, -0.2) is 9.67 Å². The molecule has 0 fully saturated rings. The second-order valence-electron chi connectivity index (χ2n) is 5.02. The van der Waals surface area contributed by atoms with E-state index in [4.69, 9.17) is 5.73 Å². The van der Waals surface area contributed by atoms with Crippen LogP contribution in [0.15, 0.2) is 36.7 Å². The standard InChI is InChI=1S/C15H19N5O2/c1-11(21)19-13(7-8-14(16)22)15-17-10-18-20(15)9-12-5-3-2-4-6-12/h2-6,10,13H,7-9H2,1H3,(H2,16,22)(H,19,21)/t13-/m0/s1. The third kappa shape index (κ3) is 4.41. The fraction of sp³-hybridized carbons (Fsp3) is 0.333. The molecular formula is C15H19N5O2. The molecule has 0 aliphatic carbocycles. The van der Waals surface area contributed by atoms with E-state index in [1.165, 1.54) is 13.3 Å². The highest BCUT2D eigenvalue weighted by Crippen LogP contribution is 2.17. The molecule has 22 heavy (non-hydrogen) atoms. The van der Waals surface area contributed by atoms with E-state index >= 15 is 0 Å². The first-order valence-corrected chi connectivity index (χ1v) is 7.03. The summed E-state index contributed by atoms with van der Waals surface area (Å²) in [5.74, 6) is 0.00788. The van der Waals surface area contributed by atoms with E-state index in [-0.39, 0.29) is 12.3 Å². The first-order valence-electron chi connectivity index (χ1n) is 7.03. The van der Waals surface area contributed by atoms with Gasteiger partial charge in [0.15, 0.2) is 0 Å². The highest BCUT2D eigenvalue weighted by Gasteiger charge is 2.19. The van der Waals surface area contributed by atoms with Gasteiger partial charge in [0.25, 0.3) is 0 Å². The first-order chi connectivity index (χ1) is 10.6. The van der Waals surface area contributed by atoms with Crippen LogP contribution in [0.1, 0.15) is 37.2 Å². The molecule has 0 saturated carbocycles. The van der Waals surface area contributed by atoms with E-state index in [0.717, 1.165) is 5.56 Å². The van der Waals surface area contributed by atoms with Crippen molar-refractivity contribution in [3.63, 3.8) is 0 Å².